The summed E-state index contributed by atoms with van der Waals surface area (Å²) in [6.45, 7) is 2.18. The van der Waals surface area contributed by atoms with Crippen molar-refractivity contribution in [3.63, 3.8) is 0 Å². The van der Waals surface area contributed by atoms with Crippen LogP contribution in [0.1, 0.15) is 84.0 Å². The highest BCUT2D eigenvalue weighted by Gasteiger charge is 1.90. The normalized spacial score (nSPS) is 12.4. The topological polar surface area (TPSA) is 37.3 Å². The van der Waals surface area contributed by atoms with E-state index in [1.54, 1.807) is 0 Å². The summed E-state index contributed by atoms with van der Waals surface area (Å²) in [5, 5.41) is 8.50. The zero-order chi connectivity index (χ0) is 17.7. The van der Waals surface area contributed by atoms with Gasteiger partial charge in [0.2, 0.25) is 0 Å². The van der Waals surface area contributed by atoms with Gasteiger partial charge in [-0.2, -0.15) is 0 Å². The van der Waals surface area contributed by atoms with Crippen LogP contribution in [0.3, 0.4) is 0 Å². The lowest BCUT2D eigenvalue weighted by atomic mass is 10.1. The molecule has 136 valence electrons. The van der Waals surface area contributed by atoms with Crippen molar-refractivity contribution in [2.75, 3.05) is 0 Å². The Morgan fingerprint density at radius 2 is 1.12 bits per heavy atom. The number of rotatable bonds is 16. The molecule has 2 nitrogen and oxygen atoms in total. The van der Waals surface area contributed by atoms with Crippen molar-refractivity contribution in [2.24, 2.45) is 0 Å². The molecule has 0 aromatic carbocycles. The standard InChI is InChI=1S/C22H36O2/c1-2-3-4-5-6-7-8-9-10-11-12-13-14-15-16-17-18-19-20-21-22(23)24/h3-4,12-13,15-16,18-19H,2,5-11,14,17,20-21H2,1H3,(H,23,24)/b4-3-,13-12-,16-15-,19-18-. The van der Waals surface area contributed by atoms with Gasteiger partial charge in [0.1, 0.15) is 0 Å². The van der Waals surface area contributed by atoms with Crippen molar-refractivity contribution < 1.29 is 9.90 Å². The molecule has 2 heteroatoms. The lowest BCUT2D eigenvalue weighted by Gasteiger charge is -1.98. The van der Waals surface area contributed by atoms with Crippen LogP contribution in [0.2, 0.25) is 0 Å². The van der Waals surface area contributed by atoms with Gasteiger partial charge >= 0.3 is 5.97 Å². The third-order valence-electron chi connectivity index (χ3n) is 3.71. The van der Waals surface area contributed by atoms with Crippen molar-refractivity contribution in [2.45, 2.75) is 84.0 Å². The predicted molar refractivity (Wildman–Crippen MR) is 105 cm³/mol. The van der Waals surface area contributed by atoms with Crippen LogP contribution >= 0.6 is 0 Å². The summed E-state index contributed by atoms with van der Waals surface area (Å²) >= 11 is 0. The Hall–Kier alpha value is -1.57. The molecule has 0 saturated carbocycles. The van der Waals surface area contributed by atoms with E-state index in [4.69, 9.17) is 5.11 Å². The Morgan fingerprint density at radius 1 is 0.667 bits per heavy atom. The lowest BCUT2D eigenvalue weighted by Crippen LogP contribution is -1.91. The van der Waals surface area contributed by atoms with E-state index in [1.807, 2.05) is 12.2 Å². The van der Waals surface area contributed by atoms with Gasteiger partial charge in [-0.25, -0.2) is 0 Å². The molecule has 0 spiro atoms. The minimum Gasteiger partial charge on any atom is -0.481 e. The summed E-state index contributed by atoms with van der Waals surface area (Å²) in [4.78, 5) is 10.3. The number of carboxylic acids is 1. The van der Waals surface area contributed by atoms with Gasteiger partial charge in [0.15, 0.2) is 0 Å². The molecule has 0 saturated heterocycles. The molecule has 0 aromatic heterocycles. The molecule has 0 rings (SSSR count). The van der Waals surface area contributed by atoms with Crippen LogP contribution in [-0.2, 0) is 4.79 Å². The smallest absolute Gasteiger partial charge is 0.303 e. The second kappa shape index (κ2) is 19.5. The number of aliphatic carboxylic acids is 1. The maximum atomic E-state index is 10.3. The van der Waals surface area contributed by atoms with Crippen LogP contribution in [0, 0.1) is 0 Å². The van der Waals surface area contributed by atoms with Gasteiger partial charge in [-0.05, 0) is 51.4 Å². The highest BCUT2D eigenvalue weighted by Crippen LogP contribution is 2.08. The number of unbranched alkanes of at least 4 members (excludes halogenated alkanes) is 6. The van der Waals surface area contributed by atoms with E-state index >= 15 is 0 Å². The molecular formula is C22H36O2. The van der Waals surface area contributed by atoms with E-state index in [9.17, 15) is 4.79 Å². The van der Waals surface area contributed by atoms with E-state index in [0.717, 1.165) is 19.3 Å². The molecule has 24 heavy (non-hydrogen) atoms. The first kappa shape index (κ1) is 22.4. The Labute approximate surface area is 149 Å². The van der Waals surface area contributed by atoms with Crippen molar-refractivity contribution in [3.05, 3.63) is 48.6 Å². The van der Waals surface area contributed by atoms with E-state index in [2.05, 4.69) is 43.4 Å². The maximum Gasteiger partial charge on any atom is 0.303 e. The van der Waals surface area contributed by atoms with E-state index in [-0.39, 0.29) is 6.42 Å². The molecule has 0 atom stereocenters. The fraction of sp³-hybridized carbons (Fsp3) is 0.591. The summed E-state index contributed by atoms with van der Waals surface area (Å²) in [6.07, 6.45) is 30.4. The second-order valence-electron chi connectivity index (χ2n) is 6.04. The molecular weight excluding hydrogens is 296 g/mol. The van der Waals surface area contributed by atoms with Crippen LogP contribution in [-0.4, -0.2) is 11.1 Å². The SMILES string of the molecule is CC/C=C\CCCCCCC/C=C\C/C=C\C/C=C\CCC(=O)O. The zero-order valence-electron chi connectivity index (χ0n) is 15.5. The van der Waals surface area contributed by atoms with Gasteiger partial charge in [-0.15, -0.1) is 0 Å². The first-order valence-corrected chi connectivity index (χ1v) is 9.59. The molecule has 0 aliphatic carbocycles. The summed E-state index contributed by atoms with van der Waals surface area (Å²) in [5.41, 5.74) is 0. The second-order valence-corrected chi connectivity index (χ2v) is 6.04. The molecule has 0 amide bonds. The monoisotopic (exact) mass is 332 g/mol. The third kappa shape index (κ3) is 20.4. The highest BCUT2D eigenvalue weighted by atomic mass is 16.4. The fourth-order valence-electron chi connectivity index (χ4n) is 2.32. The fourth-order valence-corrected chi connectivity index (χ4v) is 2.32. The Morgan fingerprint density at radius 3 is 1.67 bits per heavy atom. The minimum absolute atomic E-state index is 0.221. The molecule has 0 aliphatic heterocycles. The first-order chi connectivity index (χ1) is 11.8. The summed E-state index contributed by atoms with van der Waals surface area (Å²) in [5.74, 6) is -0.732. The molecule has 0 unspecified atom stereocenters. The van der Waals surface area contributed by atoms with Gasteiger partial charge < -0.3 is 5.11 Å². The van der Waals surface area contributed by atoms with Crippen molar-refractivity contribution >= 4 is 5.97 Å². The molecule has 0 aromatic rings. The van der Waals surface area contributed by atoms with Crippen molar-refractivity contribution in [1.82, 2.24) is 0 Å². The average Bonchev–Trinajstić information content (AvgIpc) is 2.56. The van der Waals surface area contributed by atoms with Crippen LogP contribution in [0.25, 0.3) is 0 Å². The lowest BCUT2D eigenvalue weighted by molar-refractivity contribution is -0.136. The summed E-state index contributed by atoms with van der Waals surface area (Å²) in [7, 11) is 0. The molecule has 0 fully saturated rings. The Kier molecular flexibility index (Phi) is 18.2. The summed E-state index contributed by atoms with van der Waals surface area (Å²) in [6, 6.07) is 0. The number of hydrogen-bond donors (Lipinski definition) is 1. The van der Waals surface area contributed by atoms with Gasteiger partial charge in [0, 0.05) is 6.42 Å². The van der Waals surface area contributed by atoms with Crippen LogP contribution < -0.4 is 0 Å². The van der Waals surface area contributed by atoms with E-state index in [0.29, 0.717) is 6.42 Å². The van der Waals surface area contributed by atoms with Crippen molar-refractivity contribution in [1.29, 1.82) is 0 Å². The Balaban J connectivity index is 3.30. The highest BCUT2D eigenvalue weighted by molar-refractivity contribution is 5.66. The molecule has 1 N–H and O–H groups in total. The molecule has 0 bridgehead atoms. The predicted octanol–water partition coefficient (Wildman–Crippen LogP) is 7.00. The first-order valence-electron chi connectivity index (χ1n) is 9.59. The molecule has 0 heterocycles. The Bertz CT molecular complexity index is 389. The molecule has 0 radical (unpaired) electrons. The van der Waals surface area contributed by atoms with Gasteiger partial charge in [-0.3, -0.25) is 4.79 Å². The number of allylic oxidation sites excluding steroid dienone is 8. The quantitative estimate of drug-likeness (QED) is 0.244. The maximum absolute atomic E-state index is 10.3. The van der Waals surface area contributed by atoms with Gasteiger partial charge in [0.25, 0.3) is 0 Å². The third-order valence-corrected chi connectivity index (χ3v) is 3.71. The van der Waals surface area contributed by atoms with Gasteiger partial charge in [0.05, 0.1) is 0 Å². The number of hydrogen-bond acceptors (Lipinski definition) is 1. The van der Waals surface area contributed by atoms with Gasteiger partial charge in [-0.1, -0.05) is 74.8 Å². The average molecular weight is 333 g/mol. The van der Waals surface area contributed by atoms with Crippen LogP contribution in [0.4, 0.5) is 0 Å². The van der Waals surface area contributed by atoms with Crippen LogP contribution in [0.5, 0.6) is 0 Å². The van der Waals surface area contributed by atoms with E-state index in [1.165, 1.54) is 44.9 Å². The number of carbonyl (C=O) groups is 1. The van der Waals surface area contributed by atoms with E-state index < -0.39 is 5.97 Å². The zero-order valence-corrected chi connectivity index (χ0v) is 15.5. The largest absolute Gasteiger partial charge is 0.481 e. The van der Waals surface area contributed by atoms with Crippen LogP contribution in [0.15, 0.2) is 48.6 Å². The number of carboxylic acid groups (broad SMARTS) is 1. The molecule has 0 aliphatic rings. The minimum atomic E-state index is -0.732. The summed E-state index contributed by atoms with van der Waals surface area (Å²) < 4.78 is 0. The van der Waals surface area contributed by atoms with Crippen molar-refractivity contribution in [3.8, 4) is 0 Å².